The number of nitrogens with zero attached hydrogens (tertiary/aromatic N) is 1. The van der Waals surface area contributed by atoms with Crippen LogP contribution >= 0.6 is 0 Å². The molecule has 0 spiro atoms. The summed E-state index contributed by atoms with van der Waals surface area (Å²) in [4.78, 5) is 7.83. The Balaban J connectivity index is 1.91. The van der Waals surface area contributed by atoms with Gasteiger partial charge in [0.2, 0.25) is 5.95 Å². The van der Waals surface area contributed by atoms with Crippen molar-refractivity contribution >= 4 is 22.7 Å². The number of aromatic nitrogens is 2. The van der Waals surface area contributed by atoms with E-state index in [0.717, 1.165) is 28.4 Å². The molecular formula is C17H19N3O. The molecule has 0 unspecified atom stereocenters. The van der Waals surface area contributed by atoms with Crippen molar-refractivity contribution < 1.29 is 4.74 Å². The highest BCUT2D eigenvalue weighted by molar-refractivity contribution is 5.79. The predicted molar refractivity (Wildman–Crippen MR) is 86.3 cm³/mol. The Hall–Kier alpha value is -2.49. The summed E-state index contributed by atoms with van der Waals surface area (Å²) in [6.07, 6.45) is 0.131. The van der Waals surface area contributed by atoms with Crippen LogP contribution in [0.1, 0.15) is 19.4 Å². The monoisotopic (exact) mass is 281 g/mol. The number of rotatable bonds is 4. The predicted octanol–water partition coefficient (Wildman–Crippen LogP) is 4.40. The van der Waals surface area contributed by atoms with Gasteiger partial charge >= 0.3 is 0 Å². The molecule has 0 radical (unpaired) electrons. The first-order chi connectivity index (χ1) is 10.1. The largest absolute Gasteiger partial charge is 0.489 e. The number of nitrogens with one attached hydrogen (secondary N) is 2. The minimum atomic E-state index is 0.131. The number of benzene rings is 2. The second kappa shape index (κ2) is 5.48. The molecule has 1 aromatic heterocycles. The number of imidazole rings is 1. The summed E-state index contributed by atoms with van der Waals surface area (Å²) >= 11 is 0. The summed E-state index contributed by atoms with van der Waals surface area (Å²) in [6, 6.07) is 14.0. The van der Waals surface area contributed by atoms with Crippen molar-refractivity contribution in [1.29, 1.82) is 0 Å². The molecule has 0 atom stereocenters. The lowest BCUT2D eigenvalue weighted by atomic mass is 10.2. The first-order valence-corrected chi connectivity index (χ1v) is 7.11. The Morgan fingerprint density at radius 1 is 1.14 bits per heavy atom. The van der Waals surface area contributed by atoms with Crippen molar-refractivity contribution in [2.75, 3.05) is 5.32 Å². The molecule has 0 aliphatic heterocycles. The maximum atomic E-state index is 5.81. The zero-order valence-electron chi connectivity index (χ0n) is 12.5. The van der Waals surface area contributed by atoms with E-state index in [1.165, 1.54) is 5.56 Å². The molecule has 4 heteroatoms. The van der Waals surface area contributed by atoms with Crippen LogP contribution in [-0.4, -0.2) is 16.1 Å². The smallest absolute Gasteiger partial charge is 0.205 e. The van der Waals surface area contributed by atoms with Gasteiger partial charge in [-0.2, -0.15) is 0 Å². The van der Waals surface area contributed by atoms with Gasteiger partial charge in [-0.15, -0.1) is 0 Å². The molecule has 1 heterocycles. The van der Waals surface area contributed by atoms with E-state index in [1.807, 2.05) is 44.2 Å². The molecule has 0 fully saturated rings. The molecule has 4 nitrogen and oxygen atoms in total. The summed E-state index contributed by atoms with van der Waals surface area (Å²) in [5, 5.41) is 3.30. The number of aromatic amines is 1. The number of ether oxygens (including phenoxy) is 1. The zero-order chi connectivity index (χ0) is 14.8. The molecule has 0 saturated heterocycles. The lowest BCUT2D eigenvalue weighted by Crippen LogP contribution is -2.07. The second-order valence-electron chi connectivity index (χ2n) is 5.39. The van der Waals surface area contributed by atoms with E-state index in [1.54, 1.807) is 0 Å². The van der Waals surface area contributed by atoms with Gasteiger partial charge in [-0.1, -0.05) is 18.2 Å². The normalized spacial score (nSPS) is 11.0. The summed E-state index contributed by atoms with van der Waals surface area (Å²) in [5.41, 5.74) is 4.09. The minimum absolute atomic E-state index is 0.131. The maximum Gasteiger partial charge on any atom is 0.205 e. The van der Waals surface area contributed by atoms with Crippen molar-refractivity contribution in [1.82, 2.24) is 9.97 Å². The molecule has 3 rings (SSSR count). The Kier molecular flexibility index (Phi) is 3.52. The topological polar surface area (TPSA) is 49.9 Å². The third-order valence-corrected chi connectivity index (χ3v) is 3.14. The number of aryl methyl sites for hydroxylation is 1. The van der Waals surface area contributed by atoms with E-state index < -0.39 is 0 Å². The van der Waals surface area contributed by atoms with Gasteiger partial charge in [-0.05, 0) is 50.6 Å². The lowest BCUT2D eigenvalue weighted by molar-refractivity contribution is 0.244. The number of hydrogen-bond donors (Lipinski definition) is 2. The molecule has 0 saturated carbocycles. The molecule has 0 aliphatic rings. The average Bonchev–Trinajstić information content (AvgIpc) is 2.82. The van der Waals surface area contributed by atoms with Crippen LogP contribution in [0.5, 0.6) is 5.75 Å². The molecule has 0 aliphatic carbocycles. The molecule has 0 bridgehead atoms. The van der Waals surface area contributed by atoms with Crippen LogP contribution in [0.4, 0.5) is 11.6 Å². The summed E-state index contributed by atoms with van der Waals surface area (Å²) in [6.45, 7) is 6.10. The first kappa shape index (κ1) is 13.5. The first-order valence-electron chi connectivity index (χ1n) is 7.11. The highest BCUT2D eigenvalue weighted by Crippen LogP contribution is 2.28. The van der Waals surface area contributed by atoms with Gasteiger partial charge in [0.15, 0.2) is 0 Å². The number of hydrogen-bond acceptors (Lipinski definition) is 3. The standard InChI is InChI=1S/C17H19N3O/c1-11(2)21-16-7-5-4-6-14(16)19-17-18-13-9-8-12(3)10-15(13)20-17/h4-11H,1-3H3,(H2,18,19,20). The van der Waals surface area contributed by atoms with Gasteiger partial charge in [-0.25, -0.2) is 4.98 Å². The highest BCUT2D eigenvalue weighted by atomic mass is 16.5. The van der Waals surface area contributed by atoms with Crippen molar-refractivity contribution in [3.05, 3.63) is 48.0 Å². The molecular weight excluding hydrogens is 262 g/mol. The number of para-hydroxylation sites is 2. The zero-order valence-corrected chi connectivity index (χ0v) is 12.5. The van der Waals surface area contributed by atoms with E-state index in [0.29, 0.717) is 0 Å². The Labute approximate surface area is 124 Å². The van der Waals surface area contributed by atoms with E-state index in [2.05, 4.69) is 34.3 Å². The van der Waals surface area contributed by atoms with Crippen LogP contribution < -0.4 is 10.1 Å². The van der Waals surface area contributed by atoms with Gasteiger partial charge < -0.3 is 15.0 Å². The van der Waals surface area contributed by atoms with E-state index in [-0.39, 0.29) is 6.10 Å². The van der Waals surface area contributed by atoms with Crippen molar-refractivity contribution in [2.24, 2.45) is 0 Å². The maximum absolute atomic E-state index is 5.81. The molecule has 2 aromatic carbocycles. The number of H-pyrrole nitrogens is 1. The number of fused-ring (bicyclic) bond motifs is 1. The fraction of sp³-hybridized carbons (Fsp3) is 0.235. The Bertz CT molecular complexity index is 762. The second-order valence-corrected chi connectivity index (χ2v) is 5.39. The van der Waals surface area contributed by atoms with Crippen LogP contribution in [0.15, 0.2) is 42.5 Å². The Morgan fingerprint density at radius 3 is 2.76 bits per heavy atom. The van der Waals surface area contributed by atoms with Gasteiger partial charge in [0, 0.05) is 0 Å². The highest BCUT2D eigenvalue weighted by Gasteiger charge is 2.08. The molecule has 21 heavy (non-hydrogen) atoms. The van der Waals surface area contributed by atoms with Crippen LogP contribution in [0.25, 0.3) is 11.0 Å². The minimum Gasteiger partial charge on any atom is -0.489 e. The summed E-state index contributed by atoms with van der Waals surface area (Å²) in [5.74, 6) is 1.54. The number of anilines is 2. The SMILES string of the molecule is Cc1ccc2nc(Nc3ccccc3OC(C)C)[nH]c2c1. The molecule has 3 aromatic rings. The van der Waals surface area contributed by atoms with Crippen molar-refractivity contribution in [3.8, 4) is 5.75 Å². The summed E-state index contributed by atoms with van der Waals surface area (Å²) in [7, 11) is 0. The van der Waals surface area contributed by atoms with Gasteiger partial charge in [0.1, 0.15) is 5.75 Å². The van der Waals surface area contributed by atoms with E-state index in [4.69, 9.17) is 4.74 Å². The quantitative estimate of drug-likeness (QED) is 0.745. The van der Waals surface area contributed by atoms with E-state index in [9.17, 15) is 0 Å². The Morgan fingerprint density at radius 2 is 1.95 bits per heavy atom. The molecule has 0 amide bonds. The third kappa shape index (κ3) is 2.99. The molecule has 2 N–H and O–H groups in total. The fourth-order valence-electron chi connectivity index (χ4n) is 2.24. The van der Waals surface area contributed by atoms with Gasteiger partial charge in [0.05, 0.1) is 22.8 Å². The van der Waals surface area contributed by atoms with Crippen LogP contribution in [0, 0.1) is 6.92 Å². The van der Waals surface area contributed by atoms with Crippen LogP contribution in [0.2, 0.25) is 0 Å². The third-order valence-electron chi connectivity index (χ3n) is 3.14. The van der Waals surface area contributed by atoms with Crippen molar-refractivity contribution in [3.63, 3.8) is 0 Å². The average molecular weight is 281 g/mol. The lowest BCUT2D eigenvalue weighted by Gasteiger charge is -2.14. The fourth-order valence-corrected chi connectivity index (χ4v) is 2.24. The van der Waals surface area contributed by atoms with Gasteiger partial charge in [-0.3, -0.25) is 0 Å². The molecule has 108 valence electrons. The van der Waals surface area contributed by atoms with Crippen molar-refractivity contribution in [2.45, 2.75) is 26.9 Å². The summed E-state index contributed by atoms with van der Waals surface area (Å²) < 4.78 is 5.81. The van der Waals surface area contributed by atoms with Crippen LogP contribution in [-0.2, 0) is 0 Å². The van der Waals surface area contributed by atoms with Crippen LogP contribution in [0.3, 0.4) is 0 Å². The van der Waals surface area contributed by atoms with Gasteiger partial charge in [0.25, 0.3) is 0 Å². The van der Waals surface area contributed by atoms with E-state index >= 15 is 0 Å².